The van der Waals surface area contributed by atoms with E-state index in [1.165, 1.54) is 5.56 Å². The predicted octanol–water partition coefficient (Wildman–Crippen LogP) is 6.56. The maximum absolute atomic E-state index is 13.1. The van der Waals surface area contributed by atoms with Crippen molar-refractivity contribution in [1.29, 1.82) is 0 Å². The lowest BCUT2D eigenvalue weighted by Gasteiger charge is -2.45. The van der Waals surface area contributed by atoms with Crippen molar-refractivity contribution < 1.29 is 14.2 Å². The van der Waals surface area contributed by atoms with Crippen LogP contribution in [0.3, 0.4) is 0 Å². The van der Waals surface area contributed by atoms with Gasteiger partial charge in [0.2, 0.25) is 5.72 Å². The molecule has 0 aromatic heterocycles. The van der Waals surface area contributed by atoms with Gasteiger partial charge in [-0.2, -0.15) is 0 Å². The van der Waals surface area contributed by atoms with E-state index in [1.54, 1.807) is 12.1 Å². The second-order valence-electron chi connectivity index (χ2n) is 9.36. The van der Waals surface area contributed by atoms with E-state index < -0.39 is 5.72 Å². The van der Waals surface area contributed by atoms with Gasteiger partial charge in [-0.1, -0.05) is 25.1 Å². The average Bonchev–Trinajstić information content (AvgIpc) is 3.00. The van der Waals surface area contributed by atoms with Gasteiger partial charge in [-0.25, -0.2) is 0 Å². The molecule has 1 unspecified atom stereocenters. The number of hydrogen-bond acceptors (Lipinski definition) is 5. The van der Waals surface area contributed by atoms with Gasteiger partial charge in [0.05, 0.1) is 11.6 Å². The third-order valence-corrected chi connectivity index (χ3v) is 7.30. The van der Waals surface area contributed by atoms with E-state index in [0.717, 1.165) is 41.7 Å². The van der Waals surface area contributed by atoms with Crippen LogP contribution in [-0.4, -0.2) is 32.1 Å². The van der Waals surface area contributed by atoms with Crippen LogP contribution in [0.1, 0.15) is 39.7 Å². The number of ether oxygens (including phenoxy) is 1. The number of fused-ring (bicyclic) bond motifs is 4. The van der Waals surface area contributed by atoms with Gasteiger partial charge in [-0.15, -0.1) is 0 Å². The van der Waals surface area contributed by atoms with Crippen molar-refractivity contribution in [3.8, 4) is 11.5 Å². The van der Waals surface area contributed by atoms with E-state index in [0.29, 0.717) is 11.4 Å². The molecule has 2 aliphatic rings. The molecule has 3 aromatic carbocycles. The van der Waals surface area contributed by atoms with Crippen LogP contribution in [0.15, 0.2) is 53.5 Å². The van der Waals surface area contributed by atoms with Gasteiger partial charge in [0.25, 0.3) is 0 Å². The molecular weight excluding hydrogens is 417 g/mol. The van der Waals surface area contributed by atoms with Crippen molar-refractivity contribution in [2.75, 3.05) is 29.9 Å². The SMILES string of the molecule is CCCN(CC)c1cc2c(c3cc(OF)ccc13)N=CC1(O2)N(C)c2ccccc2C1(C)C. The lowest BCUT2D eigenvalue weighted by molar-refractivity contribution is -0.00603. The molecule has 5 nitrogen and oxygen atoms in total. The van der Waals surface area contributed by atoms with Crippen LogP contribution >= 0.6 is 0 Å². The van der Waals surface area contributed by atoms with Gasteiger partial charge in [0.1, 0.15) is 5.69 Å². The highest BCUT2D eigenvalue weighted by atomic mass is 19.3. The highest BCUT2D eigenvalue weighted by Crippen LogP contribution is 2.55. The molecule has 1 atom stereocenters. The number of aliphatic imine (C=N–C) groups is 1. The second-order valence-corrected chi connectivity index (χ2v) is 9.36. The van der Waals surface area contributed by atoms with Gasteiger partial charge in [-0.05, 0) is 57.0 Å². The lowest BCUT2D eigenvalue weighted by atomic mass is 9.77. The Hall–Kier alpha value is -3.28. The Morgan fingerprint density at radius 3 is 2.58 bits per heavy atom. The van der Waals surface area contributed by atoms with Crippen LogP contribution in [-0.2, 0) is 5.41 Å². The Kier molecular flexibility index (Phi) is 5.00. The largest absolute Gasteiger partial charge is 0.459 e. The number of likely N-dealkylation sites (N-methyl/N-ethyl adjacent to an activating group) is 1. The van der Waals surface area contributed by atoms with Crippen molar-refractivity contribution in [2.45, 2.75) is 45.3 Å². The minimum absolute atomic E-state index is 0.154. The Morgan fingerprint density at radius 1 is 1.09 bits per heavy atom. The molecule has 0 fully saturated rings. The number of nitrogens with zero attached hydrogens (tertiary/aromatic N) is 3. The van der Waals surface area contributed by atoms with E-state index in [2.05, 4.69) is 73.7 Å². The number of anilines is 2. The number of para-hydroxylation sites is 1. The number of halogens is 1. The van der Waals surface area contributed by atoms with Gasteiger partial charge in [0.15, 0.2) is 11.5 Å². The average molecular weight is 448 g/mol. The van der Waals surface area contributed by atoms with E-state index in [9.17, 15) is 4.53 Å². The van der Waals surface area contributed by atoms with Gasteiger partial charge in [0, 0.05) is 52.9 Å². The predicted molar refractivity (Wildman–Crippen MR) is 133 cm³/mol. The van der Waals surface area contributed by atoms with Crippen molar-refractivity contribution in [3.05, 3.63) is 54.1 Å². The van der Waals surface area contributed by atoms with Crippen LogP contribution in [0.4, 0.5) is 21.6 Å². The maximum Gasteiger partial charge on any atom is 0.228 e. The molecule has 172 valence electrons. The van der Waals surface area contributed by atoms with Gasteiger partial charge >= 0.3 is 0 Å². The molecule has 2 aliphatic heterocycles. The molecule has 0 bridgehead atoms. The molecule has 0 amide bonds. The Balaban J connectivity index is 1.73. The summed E-state index contributed by atoms with van der Waals surface area (Å²) >= 11 is 0. The normalized spacial score (nSPS) is 20.0. The quantitative estimate of drug-likeness (QED) is 0.444. The first-order valence-corrected chi connectivity index (χ1v) is 11.6. The zero-order valence-corrected chi connectivity index (χ0v) is 19.9. The van der Waals surface area contributed by atoms with E-state index in [4.69, 9.17) is 9.73 Å². The summed E-state index contributed by atoms with van der Waals surface area (Å²) in [6.07, 6.45) is 2.92. The van der Waals surface area contributed by atoms with Crippen LogP contribution in [0.25, 0.3) is 10.8 Å². The van der Waals surface area contributed by atoms with Crippen LogP contribution in [0.2, 0.25) is 0 Å². The summed E-state index contributed by atoms with van der Waals surface area (Å²) in [5.41, 5.74) is 3.00. The number of benzene rings is 3. The molecule has 5 rings (SSSR count). The molecule has 0 saturated carbocycles. The zero-order valence-electron chi connectivity index (χ0n) is 19.9. The molecule has 2 heterocycles. The minimum atomic E-state index is -0.773. The van der Waals surface area contributed by atoms with Crippen LogP contribution in [0, 0.1) is 0 Å². The third-order valence-electron chi connectivity index (χ3n) is 7.30. The summed E-state index contributed by atoms with van der Waals surface area (Å²) in [4.78, 5) is 13.5. The standard InChI is InChI=1S/C27H30FN3O2/c1-6-14-31(7-2)23-16-24-25(20-15-18(33-28)12-13-19(20)23)29-17-27(32-24)26(3,4)21-10-8-9-11-22(21)30(27)5/h8-13,15-17H,6-7,14H2,1-5H3. The Labute approximate surface area is 194 Å². The molecular formula is C27H30FN3O2. The van der Waals surface area contributed by atoms with Crippen molar-refractivity contribution in [3.63, 3.8) is 0 Å². The fourth-order valence-corrected chi connectivity index (χ4v) is 5.46. The van der Waals surface area contributed by atoms with Gasteiger partial charge in [-0.3, -0.25) is 9.93 Å². The summed E-state index contributed by atoms with van der Waals surface area (Å²) in [5, 5.41) is 1.82. The number of rotatable bonds is 5. The van der Waals surface area contributed by atoms with Crippen molar-refractivity contribution in [2.24, 2.45) is 4.99 Å². The molecule has 0 radical (unpaired) electrons. The smallest absolute Gasteiger partial charge is 0.228 e. The maximum atomic E-state index is 13.1. The van der Waals surface area contributed by atoms with Crippen molar-refractivity contribution >= 4 is 34.0 Å². The van der Waals surface area contributed by atoms with E-state index in [-0.39, 0.29) is 11.2 Å². The highest BCUT2D eigenvalue weighted by Gasteiger charge is 2.58. The summed E-state index contributed by atoms with van der Waals surface area (Å²) in [6.45, 7) is 10.5. The molecule has 33 heavy (non-hydrogen) atoms. The van der Waals surface area contributed by atoms with Crippen LogP contribution in [0.5, 0.6) is 11.5 Å². The fraction of sp³-hybridized carbons (Fsp3) is 0.370. The van der Waals surface area contributed by atoms with E-state index >= 15 is 0 Å². The first-order chi connectivity index (χ1) is 15.9. The molecule has 3 aromatic rings. The molecule has 1 spiro atoms. The van der Waals surface area contributed by atoms with Crippen molar-refractivity contribution in [1.82, 2.24) is 0 Å². The topological polar surface area (TPSA) is 37.3 Å². The Morgan fingerprint density at radius 2 is 1.88 bits per heavy atom. The molecule has 0 N–H and O–H groups in total. The molecule has 0 aliphatic carbocycles. The fourth-order valence-electron chi connectivity index (χ4n) is 5.46. The van der Waals surface area contributed by atoms with Gasteiger partial charge < -0.3 is 14.5 Å². The first kappa shape index (κ1) is 21.6. The number of hydrogen-bond donors (Lipinski definition) is 0. The van der Waals surface area contributed by atoms with E-state index in [1.807, 2.05) is 18.3 Å². The Bertz CT molecular complexity index is 1260. The highest BCUT2D eigenvalue weighted by molar-refractivity contribution is 6.06. The lowest BCUT2D eigenvalue weighted by Crippen LogP contribution is -2.61. The third kappa shape index (κ3) is 2.93. The second kappa shape index (κ2) is 7.65. The summed E-state index contributed by atoms with van der Waals surface area (Å²) < 4.78 is 20.0. The van der Waals surface area contributed by atoms with Crippen LogP contribution < -0.4 is 19.5 Å². The summed E-state index contributed by atoms with van der Waals surface area (Å²) in [5.74, 6) is 0.847. The monoisotopic (exact) mass is 447 g/mol. The first-order valence-electron chi connectivity index (χ1n) is 11.6. The summed E-state index contributed by atoms with van der Waals surface area (Å²) in [6, 6.07) is 15.7. The molecule has 0 saturated heterocycles. The zero-order chi connectivity index (χ0) is 23.4. The minimum Gasteiger partial charge on any atom is -0.459 e. The molecule has 6 heteroatoms. The summed E-state index contributed by atoms with van der Waals surface area (Å²) in [7, 11) is 2.05.